The van der Waals surface area contributed by atoms with Gasteiger partial charge in [-0.1, -0.05) is 0 Å². The number of hydrogen-bond donors (Lipinski definition) is 0. The number of hydrogen-bond acceptors (Lipinski definition) is 6. The van der Waals surface area contributed by atoms with Crippen LogP contribution < -0.4 is 4.90 Å². The molecule has 0 saturated heterocycles. The van der Waals surface area contributed by atoms with Crippen molar-refractivity contribution in [2.75, 3.05) is 39.7 Å². The summed E-state index contributed by atoms with van der Waals surface area (Å²) < 4.78 is 29.6. The van der Waals surface area contributed by atoms with E-state index in [0.717, 1.165) is 4.31 Å². The molecule has 7 nitrogen and oxygen atoms in total. The molecule has 1 heterocycles. The largest absolute Gasteiger partial charge is 0.468 e. The van der Waals surface area contributed by atoms with Gasteiger partial charge in [0.2, 0.25) is 10.0 Å². The van der Waals surface area contributed by atoms with Crippen LogP contribution >= 0.6 is 0 Å². The molecule has 1 aromatic rings. The molecule has 0 aliphatic rings. The number of carbonyl (C=O) groups is 1. The minimum Gasteiger partial charge on any atom is -0.468 e. The predicted molar refractivity (Wildman–Crippen MR) is 70.4 cm³/mol. The van der Waals surface area contributed by atoms with Gasteiger partial charge in [-0.3, -0.25) is 4.79 Å². The molecule has 0 aromatic carbocycles. The van der Waals surface area contributed by atoms with Gasteiger partial charge >= 0.3 is 5.97 Å². The van der Waals surface area contributed by atoms with Gasteiger partial charge in [0.05, 0.1) is 7.11 Å². The topological polar surface area (TPSA) is 79.8 Å². The molecule has 8 heteroatoms. The summed E-state index contributed by atoms with van der Waals surface area (Å²) in [6.45, 7) is -0.339. The molecular weight excluding hydrogens is 270 g/mol. The lowest BCUT2D eigenvalue weighted by Gasteiger charge is -2.16. The summed E-state index contributed by atoms with van der Waals surface area (Å²) in [5, 5.41) is 0. The average molecular weight is 287 g/mol. The Morgan fingerprint density at radius 2 is 1.95 bits per heavy atom. The minimum absolute atomic E-state index is 0.0319. The Bertz CT molecular complexity index is 540. The molecule has 0 aliphatic heterocycles. The fraction of sp³-hybridized carbons (Fsp3) is 0.455. The second-order valence-electron chi connectivity index (χ2n) is 4.08. The molecule has 0 bridgehead atoms. The van der Waals surface area contributed by atoms with Crippen LogP contribution in [0.1, 0.15) is 0 Å². The first-order valence-corrected chi connectivity index (χ1v) is 6.89. The van der Waals surface area contributed by atoms with E-state index in [1.54, 1.807) is 25.1 Å². The molecule has 19 heavy (non-hydrogen) atoms. The van der Waals surface area contributed by atoms with Crippen molar-refractivity contribution in [3.63, 3.8) is 0 Å². The van der Waals surface area contributed by atoms with Crippen LogP contribution in [0.25, 0.3) is 0 Å². The Labute approximate surface area is 112 Å². The number of ether oxygens (including phenoxy) is 1. The van der Waals surface area contributed by atoms with Crippen molar-refractivity contribution < 1.29 is 17.9 Å². The van der Waals surface area contributed by atoms with Crippen LogP contribution in [-0.2, 0) is 19.6 Å². The maximum absolute atomic E-state index is 12.1. The summed E-state index contributed by atoms with van der Waals surface area (Å²) in [4.78, 5) is 16.9. The maximum Gasteiger partial charge on any atom is 0.321 e. The Morgan fingerprint density at radius 1 is 1.32 bits per heavy atom. The maximum atomic E-state index is 12.1. The van der Waals surface area contributed by atoms with E-state index in [1.165, 1.54) is 26.4 Å². The van der Waals surface area contributed by atoms with Crippen LogP contribution in [0.5, 0.6) is 0 Å². The fourth-order valence-corrected chi connectivity index (χ4v) is 2.36. The lowest BCUT2D eigenvalue weighted by Crippen LogP contribution is -2.32. The number of carbonyl (C=O) groups excluding carboxylic acids is 1. The number of aromatic nitrogens is 1. The Balaban J connectivity index is 2.96. The van der Waals surface area contributed by atoms with Crippen LogP contribution in [0.3, 0.4) is 0 Å². The average Bonchev–Trinajstić information content (AvgIpc) is 2.38. The van der Waals surface area contributed by atoms with Gasteiger partial charge < -0.3 is 9.64 Å². The summed E-state index contributed by atoms with van der Waals surface area (Å²) in [5.74, 6) is 0.0264. The molecule has 0 unspecified atom stereocenters. The van der Waals surface area contributed by atoms with Crippen molar-refractivity contribution in [3.8, 4) is 0 Å². The number of pyridine rings is 1. The van der Waals surface area contributed by atoms with Crippen LogP contribution in [0, 0.1) is 0 Å². The molecule has 1 rings (SSSR count). The van der Waals surface area contributed by atoms with Gasteiger partial charge in [0, 0.05) is 27.3 Å². The Morgan fingerprint density at radius 3 is 2.37 bits per heavy atom. The van der Waals surface area contributed by atoms with Crippen LogP contribution in [-0.4, -0.2) is 58.5 Å². The molecule has 0 aliphatic carbocycles. The first kappa shape index (κ1) is 15.4. The van der Waals surface area contributed by atoms with E-state index in [-0.39, 0.29) is 11.4 Å². The highest BCUT2D eigenvalue weighted by Gasteiger charge is 2.23. The summed E-state index contributed by atoms with van der Waals surface area (Å²) >= 11 is 0. The first-order valence-electron chi connectivity index (χ1n) is 5.45. The molecule has 0 N–H and O–H groups in total. The van der Waals surface area contributed by atoms with E-state index in [9.17, 15) is 13.2 Å². The van der Waals surface area contributed by atoms with Gasteiger partial charge in [-0.15, -0.1) is 0 Å². The number of sulfonamides is 1. The molecule has 1 aromatic heterocycles. The molecule has 0 saturated carbocycles. The van der Waals surface area contributed by atoms with Gasteiger partial charge in [-0.25, -0.2) is 13.4 Å². The zero-order valence-corrected chi connectivity index (χ0v) is 12.1. The lowest BCUT2D eigenvalue weighted by molar-refractivity contribution is -0.140. The SMILES string of the molecule is COC(=O)CN(C)S(=O)(=O)c1ccc(N(C)C)nc1. The van der Waals surface area contributed by atoms with Gasteiger partial charge in [0.15, 0.2) is 0 Å². The van der Waals surface area contributed by atoms with E-state index in [2.05, 4.69) is 9.72 Å². The normalized spacial score (nSPS) is 11.4. The first-order chi connectivity index (χ1) is 8.78. The van der Waals surface area contributed by atoms with Crippen molar-refractivity contribution in [1.82, 2.24) is 9.29 Å². The lowest BCUT2D eigenvalue weighted by atomic mass is 10.4. The smallest absolute Gasteiger partial charge is 0.321 e. The number of anilines is 1. The van der Waals surface area contributed by atoms with E-state index in [1.807, 2.05) is 0 Å². The standard InChI is InChI=1S/C11H17N3O4S/c1-13(2)10-6-5-9(7-12-10)19(16,17)14(3)8-11(15)18-4/h5-7H,8H2,1-4H3. The molecule has 106 valence electrons. The summed E-state index contributed by atoms with van der Waals surface area (Å²) in [5.41, 5.74) is 0. The molecule has 0 spiro atoms. The third kappa shape index (κ3) is 3.65. The Hall–Kier alpha value is -1.67. The van der Waals surface area contributed by atoms with Gasteiger partial charge in [0.1, 0.15) is 17.3 Å². The van der Waals surface area contributed by atoms with Crippen molar-refractivity contribution >= 4 is 21.8 Å². The fourth-order valence-electron chi connectivity index (χ4n) is 1.30. The van der Waals surface area contributed by atoms with E-state index >= 15 is 0 Å². The zero-order valence-electron chi connectivity index (χ0n) is 11.3. The molecule has 0 atom stereocenters. The third-order valence-corrected chi connectivity index (χ3v) is 4.25. The van der Waals surface area contributed by atoms with Gasteiger partial charge in [-0.2, -0.15) is 4.31 Å². The molecule has 0 radical (unpaired) electrons. The van der Waals surface area contributed by atoms with Crippen molar-refractivity contribution in [3.05, 3.63) is 18.3 Å². The predicted octanol–water partition coefficient (Wildman–Crippen LogP) is -0.0589. The number of rotatable bonds is 5. The summed E-state index contributed by atoms with van der Waals surface area (Å²) in [6, 6.07) is 3.05. The molecular formula is C11H17N3O4S. The van der Waals surface area contributed by atoms with Gasteiger partial charge in [0.25, 0.3) is 0 Å². The monoisotopic (exact) mass is 287 g/mol. The van der Waals surface area contributed by atoms with Gasteiger partial charge in [-0.05, 0) is 12.1 Å². The number of nitrogens with zero attached hydrogens (tertiary/aromatic N) is 3. The van der Waals surface area contributed by atoms with Crippen molar-refractivity contribution in [2.24, 2.45) is 0 Å². The third-order valence-electron chi connectivity index (χ3n) is 2.47. The second-order valence-corrected chi connectivity index (χ2v) is 6.13. The number of likely N-dealkylation sites (N-methyl/N-ethyl adjacent to an activating group) is 1. The summed E-state index contributed by atoms with van der Waals surface area (Å²) in [6.07, 6.45) is 1.26. The molecule has 0 amide bonds. The zero-order chi connectivity index (χ0) is 14.6. The molecule has 0 fully saturated rings. The van der Waals surface area contributed by atoms with E-state index < -0.39 is 16.0 Å². The highest BCUT2D eigenvalue weighted by molar-refractivity contribution is 7.89. The number of methoxy groups -OCH3 is 1. The highest BCUT2D eigenvalue weighted by Crippen LogP contribution is 2.16. The Kier molecular flexibility index (Phi) is 4.84. The van der Waals surface area contributed by atoms with Crippen LogP contribution in [0.15, 0.2) is 23.2 Å². The second kappa shape index (κ2) is 5.98. The van der Waals surface area contributed by atoms with E-state index in [0.29, 0.717) is 5.82 Å². The van der Waals surface area contributed by atoms with E-state index in [4.69, 9.17) is 0 Å². The van der Waals surface area contributed by atoms with Crippen LogP contribution in [0.4, 0.5) is 5.82 Å². The van der Waals surface area contributed by atoms with Crippen molar-refractivity contribution in [2.45, 2.75) is 4.90 Å². The highest BCUT2D eigenvalue weighted by atomic mass is 32.2. The van der Waals surface area contributed by atoms with Crippen molar-refractivity contribution in [1.29, 1.82) is 0 Å². The number of esters is 1. The quantitative estimate of drug-likeness (QED) is 0.706. The summed E-state index contributed by atoms with van der Waals surface area (Å²) in [7, 11) is 2.39. The van der Waals surface area contributed by atoms with Crippen LogP contribution in [0.2, 0.25) is 0 Å². The minimum atomic E-state index is -3.74.